The lowest BCUT2D eigenvalue weighted by molar-refractivity contribution is -0.119. The van der Waals surface area contributed by atoms with Crippen molar-refractivity contribution in [2.75, 3.05) is 38.0 Å². The van der Waals surface area contributed by atoms with Crippen molar-refractivity contribution < 1.29 is 14.4 Å². The number of hydrogen-bond acceptors (Lipinski definition) is 5. The summed E-state index contributed by atoms with van der Waals surface area (Å²) in [5.74, 6) is -0.877. The van der Waals surface area contributed by atoms with Gasteiger partial charge in [0.15, 0.2) is 0 Å². The van der Waals surface area contributed by atoms with Gasteiger partial charge in [0, 0.05) is 32.4 Å². The van der Waals surface area contributed by atoms with Crippen molar-refractivity contribution in [3.63, 3.8) is 0 Å². The van der Waals surface area contributed by atoms with E-state index < -0.39 is 5.91 Å². The van der Waals surface area contributed by atoms with Gasteiger partial charge in [-0.2, -0.15) is 5.10 Å². The summed E-state index contributed by atoms with van der Waals surface area (Å²) in [5.41, 5.74) is 10.8. The van der Waals surface area contributed by atoms with Crippen LogP contribution < -0.4 is 16.8 Å². The SMILES string of the molecule is NC(=O)CN1CCCN(C(=O)Nc2cnn(CC(N)=O)c2)CC1. The fraction of sp³-hybridized carbons (Fsp3) is 0.538. The Kier molecular flexibility index (Phi) is 5.52. The zero-order valence-corrected chi connectivity index (χ0v) is 12.8. The van der Waals surface area contributed by atoms with Gasteiger partial charge in [-0.1, -0.05) is 0 Å². The summed E-state index contributed by atoms with van der Waals surface area (Å²) in [7, 11) is 0. The van der Waals surface area contributed by atoms with Crippen LogP contribution in [0.3, 0.4) is 0 Å². The number of nitrogens with zero attached hydrogens (tertiary/aromatic N) is 4. The second-order valence-electron chi connectivity index (χ2n) is 5.41. The Morgan fingerprint density at radius 2 is 1.83 bits per heavy atom. The largest absolute Gasteiger partial charge is 0.369 e. The minimum atomic E-state index is -0.506. The van der Waals surface area contributed by atoms with Crippen molar-refractivity contribution in [1.29, 1.82) is 0 Å². The highest BCUT2D eigenvalue weighted by molar-refractivity contribution is 5.89. The molecule has 5 N–H and O–H groups in total. The van der Waals surface area contributed by atoms with Gasteiger partial charge in [-0.05, 0) is 6.42 Å². The lowest BCUT2D eigenvalue weighted by atomic mass is 10.4. The van der Waals surface area contributed by atoms with Crippen LogP contribution >= 0.6 is 0 Å². The molecule has 1 aromatic rings. The number of primary amides is 2. The third kappa shape index (κ3) is 5.25. The summed E-state index contributed by atoms with van der Waals surface area (Å²) < 4.78 is 1.36. The number of carbonyl (C=O) groups is 3. The van der Waals surface area contributed by atoms with E-state index in [0.29, 0.717) is 25.3 Å². The molecule has 0 aliphatic carbocycles. The third-order valence-corrected chi connectivity index (χ3v) is 3.46. The van der Waals surface area contributed by atoms with E-state index in [2.05, 4.69) is 10.4 Å². The molecule has 2 heterocycles. The highest BCUT2D eigenvalue weighted by Crippen LogP contribution is 2.09. The minimum absolute atomic E-state index is 0.0400. The zero-order chi connectivity index (χ0) is 16.8. The van der Waals surface area contributed by atoms with Crippen LogP contribution in [-0.4, -0.2) is 70.1 Å². The number of amides is 4. The minimum Gasteiger partial charge on any atom is -0.369 e. The van der Waals surface area contributed by atoms with E-state index in [4.69, 9.17) is 11.5 Å². The summed E-state index contributed by atoms with van der Waals surface area (Å²) in [5, 5.41) is 6.67. The average Bonchev–Trinajstić information content (AvgIpc) is 2.74. The first kappa shape index (κ1) is 16.7. The van der Waals surface area contributed by atoms with Gasteiger partial charge in [0.1, 0.15) is 6.54 Å². The van der Waals surface area contributed by atoms with Gasteiger partial charge in [0.25, 0.3) is 0 Å². The topological polar surface area (TPSA) is 140 Å². The van der Waals surface area contributed by atoms with Crippen molar-refractivity contribution in [2.24, 2.45) is 11.5 Å². The Bertz CT molecular complexity index is 586. The molecular weight excluding hydrogens is 302 g/mol. The maximum atomic E-state index is 12.3. The van der Waals surface area contributed by atoms with Crippen LogP contribution in [0.25, 0.3) is 0 Å². The average molecular weight is 323 g/mol. The molecule has 0 spiro atoms. The van der Waals surface area contributed by atoms with Crippen LogP contribution in [0.5, 0.6) is 0 Å². The molecule has 0 saturated carbocycles. The molecule has 126 valence electrons. The lowest BCUT2D eigenvalue weighted by Gasteiger charge is -2.21. The van der Waals surface area contributed by atoms with Crippen LogP contribution in [0.2, 0.25) is 0 Å². The smallest absolute Gasteiger partial charge is 0.321 e. The lowest BCUT2D eigenvalue weighted by Crippen LogP contribution is -2.39. The monoisotopic (exact) mass is 323 g/mol. The second kappa shape index (κ2) is 7.58. The molecule has 10 nitrogen and oxygen atoms in total. The molecule has 1 aliphatic heterocycles. The molecule has 4 amide bonds. The second-order valence-corrected chi connectivity index (χ2v) is 5.41. The summed E-state index contributed by atoms with van der Waals surface area (Å²) in [4.78, 5) is 37.6. The number of nitrogens with one attached hydrogen (secondary N) is 1. The molecule has 0 aromatic carbocycles. The standard InChI is InChI=1S/C13H21N7O3/c14-11(21)8-18-2-1-3-19(5-4-18)13(23)17-10-6-16-20(7-10)9-12(15)22/h6-7H,1-5,8-9H2,(H2,14,21)(H2,15,22)(H,17,23). The van der Waals surface area contributed by atoms with Gasteiger partial charge in [-0.25, -0.2) is 4.79 Å². The van der Waals surface area contributed by atoms with E-state index in [-0.39, 0.29) is 25.0 Å². The van der Waals surface area contributed by atoms with Gasteiger partial charge < -0.3 is 21.7 Å². The molecule has 2 rings (SSSR count). The molecule has 1 aromatic heterocycles. The molecule has 10 heteroatoms. The van der Waals surface area contributed by atoms with Crippen LogP contribution in [-0.2, 0) is 16.1 Å². The van der Waals surface area contributed by atoms with E-state index >= 15 is 0 Å². The molecule has 0 bridgehead atoms. The molecule has 0 atom stereocenters. The van der Waals surface area contributed by atoms with Crippen LogP contribution in [0.4, 0.5) is 10.5 Å². The van der Waals surface area contributed by atoms with E-state index in [0.717, 1.165) is 13.0 Å². The Balaban J connectivity index is 1.86. The van der Waals surface area contributed by atoms with Crippen molar-refractivity contribution in [1.82, 2.24) is 19.6 Å². The predicted molar refractivity (Wildman–Crippen MR) is 82.3 cm³/mol. The molecule has 1 aliphatic rings. The summed E-state index contributed by atoms with van der Waals surface area (Å²) in [6, 6.07) is -0.246. The van der Waals surface area contributed by atoms with Gasteiger partial charge in [0.05, 0.1) is 18.4 Å². The third-order valence-electron chi connectivity index (χ3n) is 3.46. The van der Waals surface area contributed by atoms with Crippen molar-refractivity contribution in [2.45, 2.75) is 13.0 Å². The van der Waals surface area contributed by atoms with Crippen molar-refractivity contribution >= 4 is 23.5 Å². The molecule has 1 fully saturated rings. The first-order valence-corrected chi connectivity index (χ1v) is 7.31. The Morgan fingerprint density at radius 3 is 2.52 bits per heavy atom. The number of nitrogens with two attached hydrogens (primary N) is 2. The Morgan fingerprint density at radius 1 is 1.09 bits per heavy atom. The summed E-state index contributed by atoms with van der Waals surface area (Å²) in [6.07, 6.45) is 3.76. The number of anilines is 1. The Hall–Kier alpha value is -2.62. The van der Waals surface area contributed by atoms with E-state index in [1.165, 1.54) is 10.9 Å². The van der Waals surface area contributed by atoms with Crippen molar-refractivity contribution in [3.8, 4) is 0 Å². The summed E-state index contributed by atoms with van der Waals surface area (Å²) >= 11 is 0. The highest BCUT2D eigenvalue weighted by Gasteiger charge is 2.20. The molecular formula is C13H21N7O3. The normalized spacial score (nSPS) is 15.9. The zero-order valence-electron chi connectivity index (χ0n) is 12.8. The van der Waals surface area contributed by atoms with Gasteiger partial charge in [-0.3, -0.25) is 19.2 Å². The number of hydrogen-bond donors (Lipinski definition) is 3. The highest BCUT2D eigenvalue weighted by atomic mass is 16.2. The van der Waals surface area contributed by atoms with E-state index in [1.54, 1.807) is 11.1 Å². The van der Waals surface area contributed by atoms with E-state index in [9.17, 15) is 14.4 Å². The maximum absolute atomic E-state index is 12.3. The molecule has 0 radical (unpaired) electrons. The van der Waals surface area contributed by atoms with Gasteiger partial charge in [0.2, 0.25) is 11.8 Å². The quantitative estimate of drug-likeness (QED) is 0.598. The summed E-state index contributed by atoms with van der Waals surface area (Å²) in [6.45, 7) is 2.59. The first-order valence-electron chi connectivity index (χ1n) is 7.31. The predicted octanol–water partition coefficient (Wildman–Crippen LogP) is -1.61. The van der Waals surface area contributed by atoms with Crippen molar-refractivity contribution in [3.05, 3.63) is 12.4 Å². The fourth-order valence-corrected chi connectivity index (χ4v) is 2.43. The number of aromatic nitrogens is 2. The number of rotatable bonds is 5. The first-order chi connectivity index (χ1) is 10.9. The van der Waals surface area contributed by atoms with Gasteiger partial charge in [-0.15, -0.1) is 0 Å². The van der Waals surface area contributed by atoms with Crippen LogP contribution in [0, 0.1) is 0 Å². The van der Waals surface area contributed by atoms with Crippen LogP contribution in [0.15, 0.2) is 12.4 Å². The van der Waals surface area contributed by atoms with Gasteiger partial charge >= 0.3 is 6.03 Å². The van der Waals surface area contributed by atoms with E-state index in [1.807, 2.05) is 4.90 Å². The molecule has 0 unspecified atom stereocenters. The number of urea groups is 1. The number of carbonyl (C=O) groups excluding carboxylic acids is 3. The molecule has 23 heavy (non-hydrogen) atoms. The van der Waals surface area contributed by atoms with Crippen LogP contribution in [0.1, 0.15) is 6.42 Å². The fourth-order valence-electron chi connectivity index (χ4n) is 2.43. The molecule has 1 saturated heterocycles. The Labute approximate surface area is 133 Å². The maximum Gasteiger partial charge on any atom is 0.321 e.